The molecule has 0 spiro atoms. The molecule has 2 saturated heterocycles. The van der Waals surface area contributed by atoms with Crippen molar-refractivity contribution in [3.05, 3.63) is 65.2 Å². The number of benzene rings is 2. The van der Waals surface area contributed by atoms with Gasteiger partial charge in [-0.2, -0.15) is 0 Å². The first-order chi connectivity index (χ1) is 15.1. The molecule has 2 aromatic rings. The first kappa shape index (κ1) is 21.5. The van der Waals surface area contributed by atoms with E-state index in [1.165, 1.54) is 0 Å². The first-order valence-electron chi connectivity index (χ1n) is 10.9. The molecule has 164 valence electrons. The maximum Gasteiger partial charge on any atom is 0.255 e. The highest BCUT2D eigenvalue weighted by Crippen LogP contribution is 2.21. The van der Waals surface area contributed by atoms with Crippen molar-refractivity contribution in [3.63, 3.8) is 0 Å². The minimum absolute atomic E-state index is 0.128. The molecule has 0 saturated carbocycles. The van der Waals surface area contributed by atoms with Gasteiger partial charge in [0.15, 0.2) is 0 Å². The van der Waals surface area contributed by atoms with Gasteiger partial charge in [-0.25, -0.2) is 0 Å². The van der Waals surface area contributed by atoms with Crippen LogP contribution in [0.2, 0.25) is 0 Å². The summed E-state index contributed by atoms with van der Waals surface area (Å²) in [5, 5.41) is 3.01. The van der Waals surface area contributed by atoms with Crippen LogP contribution < -0.4 is 11.1 Å². The molecular formula is C24H30N4O3. The Kier molecular flexibility index (Phi) is 6.96. The van der Waals surface area contributed by atoms with Crippen molar-refractivity contribution in [2.24, 2.45) is 5.73 Å². The molecule has 2 aromatic carbocycles. The van der Waals surface area contributed by atoms with E-state index in [0.717, 1.165) is 69.0 Å². The van der Waals surface area contributed by atoms with Crippen LogP contribution in [0.4, 0.5) is 5.69 Å². The molecule has 2 amide bonds. The quantitative estimate of drug-likeness (QED) is 0.714. The van der Waals surface area contributed by atoms with Gasteiger partial charge in [0, 0.05) is 37.4 Å². The number of ether oxygens (including phenoxy) is 1. The van der Waals surface area contributed by atoms with E-state index in [1.807, 2.05) is 42.5 Å². The molecule has 4 rings (SSSR count). The number of anilines is 1. The Hall–Kier alpha value is -2.74. The molecule has 2 aliphatic heterocycles. The van der Waals surface area contributed by atoms with Gasteiger partial charge in [-0.15, -0.1) is 0 Å². The lowest BCUT2D eigenvalue weighted by atomic mass is 10.1. The van der Waals surface area contributed by atoms with E-state index in [2.05, 4.69) is 21.2 Å². The Morgan fingerprint density at radius 1 is 1.00 bits per heavy atom. The molecule has 31 heavy (non-hydrogen) atoms. The Labute approximate surface area is 183 Å². The van der Waals surface area contributed by atoms with Crippen molar-refractivity contribution in [2.75, 3.05) is 38.2 Å². The predicted molar refractivity (Wildman–Crippen MR) is 120 cm³/mol. The van der Waals surface area contributed by atoms with E-state index < -0.39 is 0 Å². The number of carbonyl (C=O) groups is 2. The average molecular weight is 423 g/mol. The van der Waals surface area contributed by atoms with Crippen LogP contribution in [-0.2, 0) is 22.6 Å². The van der Waals surface area contributed by atoms with Gasteiger partial charge >= 0.3 is 0 Å². The summed E-state index contributed by atoms with van der Waals surface area (Å²) in [6.45, 7) is 5.67. The third-order valence-electron chi connectivity index (χ3n) is 5.96. The van der Waals surface area contributed by atoms with Gasteiger partial charge in [0.25, 0.3) is 5.91 Å². The van der Waals surface area contributed by atoms with Crippen molar-refractivity contribution in [1.29, 1.82) is 0 Å². The third-order valence-corrected chi connectivity index (χ3v) is 5.96. The monoisotopic (exact) mass is 422 g/mol. The van der Waals surface area contributed by atoms with Gasteiger partial charge in [0.05, 0.1) is 19.3 Å². The highest BCUT2D eigenvalue weighted by atomic mass is 16.5. The number of carbonyl (C=O) groups excluding carboxylic acids is 2. The SMILES string of the molecule is NC(=O)C1CCCN1Cc1cccc(NC(=O)c2cccc(CN3CCOCC3)c2)c1. The first-order valence-corrected chi connectivity index (χ1v) is 10.9. The van der Waals surface area contributed by atoms with Crippen molar-refractivity contribution in [3.8, 4) is 0 Å². The molecular weight excluding hydrogens is 392 g/mol. The van der Waals surface area contributed by atoms with E-state index in [-0.39, 0.29) is 17.9 Å². The lowest BCUT2D eigenvalue weighted by Gasteiger charge is -2.26. The summed E-state index contributed by atoms with van der Waals surface area (Å²) in [5.41, 5.74) is 9.08. The topological polar surface area (TPSA) is 87.9 Å². The van der Waals surface area contributed by atoms with Gasteiger partial charge in [-0.05, 0) is 54.8 Å². The number of nitrogens with zero attached hydrogens (tertiary/aromatic N) is 2. The van der Waals surface area contributed by atoms with E-state index >= 15 is 0 Å². The lowest BCUT2D eigenvalue weighted by Crippen LogP contribution is -2.39. The van der Waals surface area contributed by atoms with Crippen LogP contribution in [0, 0.1) is 0 Å². The number of likely N-dealkylation sites (tertiary alicyclic amines) is 1. The van der Waals surface area contributed by atoms with Crippen LogP contribution in [0.3, 0.4) is 0 Å². The van der Waals surface area contributed by atoms with Crippen LogP contribution in [0.25, 0.3) is 0 Å². The van der Waals surface area contributed by atoms with Crippen LogP contribution in [0.15, 0.2) is 48.5 Å². The van der Waals surface area contributed by atoms with Crippen LogP contribution in [0.1, 0.15) is 34.3 Å². The molecule has 1 unspecified atom stereocenters. The highest BCUT2D eigenvalue weighted by molar-refractivity contribution is 6.04. The van der Waals surface area contributed by atoms with Gasteiger partial charge < -0.3 is 15.8 Å². The minimum Gasteiger partial charge on any atom is -0.379 e. The fourth-order valence-corrected chi connectivity index (χ4v) is 4.35. The summed E-state index contributed by atoms with van der Waals surface area (Å²) in [7, 11) is 0. The summed E-state index contributed by atoms with van der Waals surface area (Å²) in [6, 6.07) is 15.4. The smallest absolute Gasteiger partial charge is 0.255 e. The summed E-state index contributed by atoms with van der Waals surface area (Å²) >= 11 is 0. The van der Waals surface area contributed by atoms with Crippen molar-refractivity contribution in [1.82, 2.24) is 9.80 Å². The minimum atomic E-state index is -0.265. The van der Waals surface area contributed by atoms with Gasteiger partial charge in [0.1, 0.15) is 0 Å². The lowest BCUT2D eigenvalue weighted by molar-refractivity contribution is -0.122. The van der Waals surface area contributed by atoms with E-state index in [1.54, 1.807) is 0 Å². The number of nitrogens with two attached hydrogens (primary N) is 1. The normalized spacial score (nSPS) is 19.9. The molecule has 0 aromatic heterocycles. The van der Waals surface area contributed by atoms with Gasteiger partial charge in [-0.3, -0.25) is 19.4 Å². The Bertz CT molecular complexity index is 927. The summed E-state index contributed by atoms with van der Waals surface area (Å²) in [4.78, 5) is 28.9. The van der Waals surface area contributed by atoms with Crippen LogP contribution in [-0.4, -0.2) is 60.5 Å². The highest BCUT2D eigenvalue weighted by Gasteiger charge is 2.28. The summed E-state index contributed by atoms with van der Waals surface area (Å²) in [6.07, 6.45) is 1.79. The molecule has 2 fully saturated rings. The molecule has 7 heteroatoms. The predicted octanol–water partition coefficient (Wildman–Crippen LogP) is 2.22. The number of amides is 2. The zero-order chi connectivity index (χ0) is 21.6. The zero-order valence-electron chi connectivity index (χ0n) is 17.8. The number of hydrogen-bond acceptors (Lipinski definition) is 5. The number of primary amides is 1. The van der Waals surface area contributed by atoms with Crippen LogP contribution in [0.5, 0.6) is 0 Å². The molecule has 3 N–H and O–H groups in total. The number of hydrogen-bond donors (Lipinski definition) is 2. The number of rotatable bonds is 7. The molecule has 0 bridgehead atoms. The second-order valence-electron chi connectivity index (χ2n) is 8.27. The van der Waals surface area contributed by atoms with Crippen molar-refractivity contribution in [2.45, 2.75) is 32.0 Å². The average Bonchev–Trinajstić information content (AvgIpc) is 3.23. The Morgan fingerprint density at radius 3 is 2.52 bits per heavy atom. The fraction of sp³-hybridized carbons (Fsp3) is 0.417. The van der Waals surface area contributed by atoms with Crippen molar-refractivity contribution >= 4 is 17.5 Å². The molecule has 1 atom stereocenters. The molecule has 0 radical (unpaired) electrons. The van der Waals surface area contributed by atoms with Gasteiger partial charge in [-0.1, -0.05) is 24.3 Å². The second kappa shape index (κ2) is 10.0. The maximum atomic E-state index is 12.8. The summed E-state index contributed by atoms with van der Waals surface area (Å²) < 4.78 is 5.40. The fourth-order valence-electron chi connectivity index (χ4n) is 4.35. The van der Waals surface area contributed by atoms with E-state index in [4.69, 9.17) is 10.5 Å². The number of nitrogens with one attached hydrogen (secondary N) is 1. The van der Waals surface area contributed by atoms with E-state index in [0.29, 0.717) is 12.1 Å². The Morgan fingerprint density at radius 2 is 1.74 bits per heavy atom. The summed E-state index contributed by atoms with van der Waals surface area (Å²) in [5.74, 6) is -0.393. The number of morpholine rings is 1. The maximum absolute atomic E-state index is 12.8. The Balaban J connectivity index is 1.39. The molecule has 0 aliphatic carbocycles. The standard InChI is InChI=1S/C24H30N4O3/c25-23(29)22-8-3-9-28(22)17-19-5-2-7-21(15-19)26-24(30)20-6-1-4-18(14-20)16-27-10-12-31-13-11-27/h1-2,4-7,14-15,22H,3,8-13,16-17H2,(H2,25,29)(H,26,30). The third kappa shape index (κ3) is 5.70. The molecule has 2 aliphatic rings. The van der Waals surface area contributed by atoms with Crippen LogP contribution >= 0.6 is 0 Å². The zero-order valence-corrected chi connectivity index (χ0v) is 17.8. The molecule has 7 nitrogen and oxygen atoms in total. The van der Waals surface area contributed by atoms with E-state index in [9.17, 15) is 9.59 Å². The second-order valence-corrected chi connectivity index (χ2v) is 8.27. The van der Waals surface area contributed by atoms with Crippen molar-refractivity contribution < 1.29 is 14.3 Å². The van der Waals surface area contributed by atoms with Gasteiger partial charge in [0.2, 0.25) is 5.91 Å². The molecule has 2 heterocycles. The largest absolute Gasteiger partial charge is 0.379 e.